The van der Waals surface area contributed by atoms with Crippen LogP contribution in [0.5, 0.6) is 0 Å². The van der Waals surface area contributed by atoms with Crippen molar-refractivity contribution in [1.29, 1.82) is 0 Å². The van der Waals surface area contributed by atoms with Crippen LogP contribution < -0.4 is 15.5 Å². The predicted octanol–water partition coefficient (Wildman–Crippen LogP) is 1.54. The van der Waals surface area contributed by atoms with Gasteiger partial charge in [0.05, 0.1) is 18.6 Å². The molecule has 1 aliphatic heterocycles. The first-order valence-electron chi connectivity index (χ1n) is 10.3. The van der Waals surface area contributed by atoms with Crippen LogP contribution >= 0.6 is 24.0 Å². The fourth-order valence-corrected chi connectivity index (χ4v) is 4.54. The van der Waals surface area contributed by atoms with Gasteiger partial charge in [-0.3, -0.25) is 4.99 Å². The Kier molecular flexibility index (Phi) is 10.5. The summed E-state index contributed by atoms with van der Waals surface area (Å²) in [5, 5.41) is 6.34. The van der Waals surface area contributed by atoms with Crippen LogP contribution in [-0.4, -0.2) is 75.2 Å². The van der Waals surface area contributed by atoms with Crippen LogP contribution in [-0.2, 0) is 16.4 Å². The maximum absolute atomic E-state index is 12.7. The van der Waals surface area contributed by atoms with Crippen molar-refractivity contribution in [2.24, 2.45) is 4.99 Å². The number of nitrogens with one attached hydrogen (secondary N) is 2. The van der Waals surface area contributed by atoms with Crippen LogP contribution in [0.2, 0.25) is 0 Å². The molecule has 2 N–H and O–H groups in total. The van der Waals surface area contributed by atoms with Gasteiger partial charge in [0.25, 0.3) is 0 Å². The quantitative estimate of drug-likeness (QED) is 0.272. The number of aliphatic imine (C=N–C) groups is 1. The first-order chi connectivity index (χ1) is 14.6. The SMILES string of the molecule is CCNC(=NCCS(=O)(=O)N1CCN(c2ccccn2)CC1)NCCc1ccco1.I. The third kappa shape index (κ3) is 7.96. The molecule has 0 spiro atoms. The zero-order valence-electron chi connectivity index (χ0n) is 17.7. The second-order valence-corrected chi connectivity index (χ2v) is 9.00. The maximum Gasteiger partial charge on any atom is 0.216 e. The van der Waals surface area contributed by atoms with Crippen molar-refractivity contribution >= 4 is 45.8 Å². The van der Waals surface area contributed by atoms with Gasteiger partial charge in [-0.25, -0.2) is 13.4 Å². The highest BCUT2D eigenvalue weighted by molar-refractivity contribution is 14.0. The Labute approximate surface area is 201 Å². The lowest BCUT2D eigenvalue weighted by Crippen LogP contribution is -2.49. The summed E-state index contributed by atoms with van der Waals surface area (Å²) >= 11 is 0. The van der Waals surface area contributed by atoms with Crippen LogP contribution in [0, 0.1) is 0 Å². The molecule has 9 nitrogen and oxygen atoms in total. The van der Waals surface area contributed by atoms with Gasteiger partial charge < -0.3 is 20.0 Å². The Bertz CT molecular complexity index is 885. The van der Waals surface area contributed by atoms with E-state index in [-0.39, 0.29) is 36.3 Å². The highest BCUT2D eigenvalue weighted by Crippen LogP contribution is 2.14. The molecule has 0 amide bonds. The number of pyridine rings is 1. The number of nitrogens with zero attached hydrogens (tertiary/aromatic N) is 4. The summed E-state index contributed by atoms with van der Waals surface area (Å²) in [5.41, 5.74) is 0. The molecule has 0 radical (unpaired) electrons. The van der Waals surface area contributed by atoms with Crippen LogP contribution in [0.25, 0.3) is 0 Å². The smallest absolute Gasteiger partial charge is 0.216 e. The molecular weight excluding hydrogens is 531 g/mol. The highest BCUT2D eigenvalue weighted by atomic mass is 127. The number of sulfonamides is 1. The minimum atomic E-state index is -3.35. The van der Waals surface area contributed by atoms with E-state index in [0.717, 1.165) is 18.0 Å². The summed E-state index contributed by atoms with van der Waals surface area (Å²) in [6.07, 6.45) is 4.13. The van der Waals surface area contributed by atoms with E-state index >= 15 is 0 Å². The van der Waals surface area contributed by atoms with E-state index in [1.807, 2.05) is 37.3 Å². The van der Waals surface area contributed by atoms with E-state index in [4.69, 9.17) is 4.42 Å². The highest BCUT2D eigenvalue weighted by Gasteiger charge is 2.27. The lowest BCUT2D eigenvalue weighted by atomic mass is 10.3. The van der Waals surface area contributed by atoms with E-state index in [1.165, 1.54) is 0 Å². The van der Waals surface area contributed by atoms with Crippen molar-refractivity contribution < 1.29 is 12.8 Å². The molecule has 172 valence electrons. The number of rotatable bonds is 9. The van der Waals surface area contributed by atoms with Crippen LogP contribution in [0.4, 0.5) is 5.82 Å². The number of guanidine groups is 1. The molecule has 3 rings (SSSR count). The second-order valence-electron chi connectivity index (χ2n) is 6.91. The maximum atomic E-state index is 12.7. The fraction of sp³-hybridized carbons (Fsp3) is 0.500. The first kappa shape index (κ1) is 25.4. The number of piperazine rings is 1. The molecule has 0 aliphatic carbocycles. The fourth-order valence-electron chi connectivity index (χ4n) is 3.24. The molecule has 1 fully saturated rings. The Morgan fingerprint density at radius 1 is 1.16 bits per heavy atom. The molecule has 0 aromatic carbocycles. The number of anilines is 1. The van der Waals surface area contributed by atoms with Crippen LogP contribution in [0.15, 0.2) is 52.2 Å². The molecule has 1 aliphatic rings. The van der Waals surface area contributed by atoms with E-state index in [0.29, 0.717) is 45.2 Å². The minimum Gasteiger partial charge on any atom is -0.469 e. The zero-order valence-corrected chi connectivity index (χ0v) is 20.9. The van der Waals surface area contributed by atoms with Gasteiger partial charge in [-0.15, -0.1) is 24.0 Å². The lowest BCUT2D eigenvalue weighted by molar-refractivity contribution is 0.384. The van der Waals surface area contributed by atoms with E-state index in [2.05, 4.69) is 25.5 Å². The summed E-state index contributed by atoms with van der Waals surface area (Å²) in [5.74, 6) is 2.38. The van der Waals surface area contributed by atoms with Crippen LogP contribution in [0.3, 0.4) is 0 Å². The van der Waals surface area contributed by atoms with Crippen molar-refractivity contribution in [3.63, 3.8) is 0 Å². The molecule has 0 unspecified atom stereocenters. The summed E-state index contributed by atoms with van der Waals surface area (Å²) in [6, 6.07) is 9.54. The third-order valence-corrected chi connectivity index (χ3v) is 6.66. The molecule has 2 aromatic heterocycles. The molecular formula is C20H31IN6O3S. The topological polar surface area (TPSA) is 103 Å². The van der Waals surface area contributed by atoms with Crippen molar-refractivity contribution in [3.8, 4) is 0 Å². The summed E-state index contributed by atoms with van der Waals surface area (Å²) in [4.78, 5) is 10.9. The second kappa shape index (κ2) is 12.9. The van der Waals surface area contributed by atoms with Gasteiger partial charge in [0.15, 0.2) is 5.96 Å². The standard InChI is InChI=1S/C20H30N6O3S.HI/c1-2-21-20(23-10-8-18-6-5-16-29-18)24-11-17-30(27,28)26-14-12-25(13-15-26)19-7-3-4-9-22-19;/h3-7,9,16H,2,8,10-15,17H2,1H3,(H2,21,23,24);1H. The summed E-state index contributed by atoms with van der Waals surface area (Å²) in [6.45, 7) is 5.73. The predicted molar refractivity (Wildman–Crippen MR) is 134 cm³/mol. The van der Waals surface area contributed by atoms with Crippen molar-refractivity contribution in [2.45, 2.75) is 13.3 Å². The number of aromatic nitrogens is 1. The van der Waals surface area contributed by atoms with Crippen LogP contribution in [0.1, 0.15) is 12.7 Å². The number of hydrogen-bond acceptors (Lipinski definition) is 6. The molecule has 1 saturated heterocycles. The summed E-state index contributed by atoms with van der Waals surface area (Å²) < 4.78 is 32.3. The average Bonchev–Trinajstić information content (AvgIpc) is 3.28. The Balaban J connectivity index is 0.00000341. The largest absolute Gasteiger partial charge is 0.469 e. The van der Waals surface area contributed by atoms with Crippen molar-refractivity contribution in [1.82, 2.24) is 19.9 Å². The van der Waals surface area contributed by atoms with E-state index < -0.39 is 10.0 Å². The third-order valence-electron chi connectivity index (χ3n) is 4.81. The molecule has 0 bridgehead atoms. The van der Waals surface area contributed by atoms with Gasteiger partial charge in [-0.2, -0.15) is 4.31 Å². The number of halogens is 1. The van der Waals surface area contributed by atoms with E-state index in [9.17, 15) is 8.42 Å². The molecule has 31 heavy (non-hydrogen) atoms. The van der Waals surface area contributed by atoms with Gasteiger partial charge in [0.1, 0.15) is 11.6 Å². The molecule has 2 aromatic rings. The minimum absolute atomic E-state index is 0. The summed E-state index contributed by atoms with van der Waals surface area (Å²) in [7, 11) is -3.35. The van der Waals surface area contributed by atoms with E-state index in [1.54, 1.807) is 16.8 Å². The van der Waals surface area contributed by atoms with Gasteiger partial charge in [-0.05, 0) is 31.2 Å². The number of furan rings is 1. The van der Waals surface area contributed by atoms with Crippen molar-refractivity contribution in [2.75, 3.05) is 56.5 Å². The van der Waals surface area contributed by atoms with Gasteiger partial charge in [0.2, 0.25) is 10.0 Å². The van der Waals surface area contributed by atoms with Gasteiger partial charge in [-0.1, -0.05) is 6.07 Å². The monoisotopic (exact) mass is 562 g/mol. The lowest BCUT2D eigenvalue weighted by Gasteiger charge is -2.34. The van der Waals surface area contributed by atoms with Gasteiger partial charge in [0, 0.05) is 51.9 Å². The molecule has 11 heteroatoms. The molecule has 0 atom stereocenters. The zero-order chi connectivity index (χ0) is 21.2. The first-order valence-corrected chi connectivity index (χ1v) is 11.9. The normalized spacial score (nSPS) is 15.4. The molecule has 3 heterocycles. The Hall–Kier alpha value is -1.86. The average molecular weight is 562 g/mol. The van der Waals surface area contributed by atoms with Crippen molar-refractivity contribution in [3.05, 3.63) is 48.6 Å². The van der Waals surface area contributed by atoms with Gasteiger partial charge >= 0.3 is 0 Å². The molecule has 0 saturated carbocycles. The Morgan fingerprint density at radius 2 is 1.97 bits per heavy atom. The Morgan fingerprint density at radius 3 is 2.61 bits per heavy atom. The number of hydrogen-bond donors (Lipinski definition) is 2.